The summed E-state index contributed by atoms with van der Waals surface area (Å²) in [5, 5.41) is 17.8. The van der Waals surface area contributed by atoms with Gasteiger partial charge in [0.05, 0.1) is 5.69 Å². The van der Waals surface area contributed by atoms with E-state index in [-0.39, 0.29) is 6.42 Å². The van der Waals surface area contributed by atoms with Crippen LogP contribution in [-0.4, -0.2) is 33.7 Å². The molecule has 0 aromatic carbocycles. The number of carboxylic acids is 1. The van der Waals surface area contributed by atoms with Crippen LogP contribution in [0.1, 0.15) is 17.0 Å². The highest BCUT2D eigenvalue weighted by Crippen LogP contribution is 2.11. The van der Waals surface area contributed by atoms with Gasteiger partial charge in [0.15, 0.2) is 0 Å². The molecule has 0 radical (unpaired) electrons. The molecule has 1 amide bonds. The molecule has 1 heterocycles. The number of nitrogens with one attached hydrogen (secondary N) is 2. The molecule has 0 fully saturated rings. The molecule has 82 valence electrons. The fraction of sp³-hybridized carbons (Fsp3) is 0.444. The van der Waals surface area contributed by atoms with Gasteiger partial charge >= 0.3 is 5.97 Å². The zero-order valence-corrected chi connectivity index (χ0v) is 8.57. The Morgan fingerprint density at radius 2 is 2.33 bits per heavy atom. The van der Waals surface area contributed by atoms with Crippen LogP contribution >= 0.6 is 0 Å². The fourth-order valence-electron chi connectivity index (χ4n) is 1.38. The van der Waals surface area contributed by atoms with Crippen molar-refractivity contribution in [3.63, 3.8) is 0 Å². The highest BCUT2D eigenvalue weighted by atomic mass is 16.4. The molecular weight excluding hydrogens is 198 g/mol. The zero-order chi connectivity index (χ0) is 11.4. The summed E-state index contributed by atoms with van der Waals surface area (Å²) in [6.45, 7) is 3.60. The first-order valence-corrected chi connectivity index (χ1v) is 4.49. The molecule has 0 aliphatic carbocycles. The van der Waals surface area contributed by atoms with Gasteiger partial charge in [0, 0.05) is 12.1 Å². The summed E-state index contributed by atoms with van der Waals surface area (Å²) in [4.78, 5) is 21.0. The summed E-state index contributed by atoms with van der Waals surface area (Å²) in [6, 6.07) is -0.905. The van der Waals surface area contributed by atoms with E-state index in [4.69, 9.17) is 5.11 Å². The van der Waals surface area contributed by atoms with Gasteiger partial charge in [-0.2, -0.15) is 5.10 Å². The monoisotopic (exact) mass is 211 g/mol. The van der Waals surface area contributed by atoms with Gasteiger partial charge in [-0.3, -0.25) is 9.89 Å². The zero-order valence-electron chi connectivity index (χ0n) is 8.57. The van der Waals surface area contributed by atoms with E-state index in [0.717, 1.165) is 17.0 Å². The molecule has 1 atom stereocenters. The molecule has 1 aromatic rings. The second kappa shape index (κ2) is 4.59. The van der Waals surface area contributed by atoms with Crippen LogP contribution in [-0.2, 0) is 16.0 Å². The van der Waals surface area contributed by atoms with Crippen molar-refractivity contribution < 1.29 is 14.7 Å². The van der Waals surface area contributed by atoms with Crippen LogP contribution in [0.5, 0.6) is 0 Å². The number of aromatic amines is 1. The van der Waals surface area contributed by atoms with Gasteiger partial charge in [0.2, 0.25) is 6.41 Å². The molecule has 1 aromatic heterocycles. The van der Waals surface area contributed by atoms with Crippen LogP contribution in [0.3, 0.4) is 0 Å². The Morgan fingerprint density at radius 3 is 2.73 bits per heavy atom. The number of aryl methyl sites for hydroxylation is 2. The van der Waals surface area contributed by atoms with Crippen molar-refractivity contribution in [2.75, 3.05) is 0 Å². The average Bonchev–Trinajstić information content (AvgIpc) is 2.48. The van der Waals surface area contributed by atoms with Gasteiger partial charge < -0.3 is 10.4 Å². The third-order valence-electron chi connectivity index (χ3n) is 2.26. The summed E-state index contributed by atoms with van der Waals surface area (Å²) < 4.78 is 0. The molecule has 0 saturated carbocycles. The molecule has 1 unspecified atom stereocenters. The van der Waals surface area contributed by atoms with Gasteiger partial charge in [-0.25, -0.2) is 4.79 Å². The van der Waals surface area contributed by atoms with Gasteiger partial charge in [0.25, 0.3) is 0 Å². The van der Waals surface area contributed by atoms with Crippen LogP contribution < -0.4 is 5.32 Å². The Labute approximate surface area is 86.7 Å². The van der Waals surface area contributed by atoms with Crippen LogP contribution in [0, 0.1) is 13.8 Å². The molecule has 6 nitrogen and oxygen atoms in total. The van der Waals surface area contributed by atoms with Crippen molar-refractivity contribution in [3.8, 4) is 0 Å². The largest absolute Gasteiger partial charge is 0.480 e. The van der Waals surface area contributed by atoms with E-state index < -0.39 is 12.0 Å². The minimum atomic E-state index is -1.05. The number of aromatic nitrogens is 2. The quantitative estimate of drug-likeness (QED) is 0.586. The van der Waals surface area contributed by atoms with Crippen molar-refractivity contribution in [2.24, 2.45) is 0 Å². The van der Waals surface area contributed by atoms with E-state index in [2.05, 4.69) is 15.5 Å². The summed E-state index contributed by atoms with van der Waals surface area (Å²) in [6.07, 6.45) is 0.631. The molecule has 6 heteroatoms. The number of hydrogen-bond donors (Lipinski definition) is 3. The van der Waals surface area contributed by atoms with E-state index in [9.17, 15) is 9.59 Å². The van der Waals surface area contributed by atoms with Crippen LogP contribution in [0.25, 0.3) is 0 Å². The molecule has 0 spiro atoms. The predicted molar refractivity (Wildman–Crippen MR) is 52.4 cm³/mol. The van der Waals surface area contributed by atoms with Crippen molar-refractivity contribution in [1.82, 2.24) is 15.5 Å². The third kappa shape index (κ3) is 2.55. The first kappa shape index (κ1) is 11.2. The van der Waals surface area contributed by atoms with Crippen molar-refractivity contribution >= 4 is 12.4 Å². The van der Waals surface area contributed by atoms with Crippen LogP contribution in [0.2, 0.25) is 0 Å². The van der Waals surface area contributed by atoms with E-state index in [0.29, 0.717) is 6.41 Å². The third-order valence-corrected chi connectivity index (χ3v) is 2.26. The number of aliphatic carboxylic acids is 1. The SMILES string of the molecule is Cc1n[nH]c(C)c1CC(NC=O)C(=O)O. The number of rotatable bonds is 5. The molecule has 0 aliphatic rings. The number of carbonyl (C=O) groups excluding carboxylic acids is 1. The summed E-state index contributed by atoms with van der Waals surface area (Å²) in [5.41, 5.74) is 2.41. The highest BCUT2D eigenvalue weighted by Gasteiger charge is 2.19. The Hall–Kier alpha value is -1.85. The maximum Gasteiger partial charge on any atom is 0.326 e. The van der Waals surface area contributed by atoms with Gasteiger partial charge in [0.1, 0.15) is 6.04 Å². The molecule has 3 N–H and O–H groups in total. The van der Waals surface area contributed by atoms with Crippen molar-refractivity contribution in [2.45, 2.75) is 26.3 Å². The van der Waals surface area contributed by atoms with Crippen molar-refractivity contribution in [3.05, 3.63) is 17.0 Å². The topological polar surface area (TPSA) is 95.1 Å². The Kier molecular flexibility index (Phi) is 3.43. The summed E-state index contributed by atoms with van der Waals surface area (Å²) in [7, 11) is 0. The molecule has 15 heavy (non-hydrogen) atoms. The number of nitrogens with zero attached hydrogens (tertiary/aromatic N) is 1. The summed E-state index contributed by atoms with van der Waals surface area (Å²) in [5.74, 6) is -1.05. The second-order valence-corrected chi connectivity index (χ2v) is 3.29. The van der Waals surface area contributed by atoms with Crippen LogP contribution in [0.4, 0.5) is 0 Å². The average molecular weight is 211 g/mol. The van der Waals surface area contributed by atoms with E-state index >= 15 is 0 Å². The smallest absolute Gasteiger partial charge is 0.326 e. The maximum atomic E-state index is 10.8. The minimum absolute atomic E-state index is 0.238. The Morgan fingerprint density at radius 1 is 1.67 bits per heavy atom. The van der Waals surface area contributed by atoms with E-state index in [1.54, 1.807) is 6.92 Å². The van der Waals surface area contributed by atoms with Gasteiger partial charge in [-0.15, -0.1) is 0 Å². The van der Waals surface area contributed by atoms with E-state index in [1.807, 2.05) is 6.92 Å². The number of hydrogen-bond acceptors (Lipinski definition) is 3. The standard InChI is InChI=1S/C9H13N3O3/c1-5-7(6(2)12-11-5)3-8(9(14)15)10-4-13/h4,8H,3H2,1-2H3,(H,10,13)(H,11,12)(H,14,15). The highest BCUT2D eigenvalue weighted by molar-refractivity contribution is 5.76. The van der Waals surface area contributed by atoms with Crippen molar-refractivity contribution in [1.29, 1.82) is 0 Å². The normalized spacial score (nSPS) is 12.1. The lowest BCUT2D eigenvalue weighted by atomic mass is 10.0. The van der Waals surface area contributed by atoms with Crippen LogP contribution in [0.15, 0.2) is 0 Å². The fourth-order valence-corrected chi connectivity index (χ4v) is 1.38. The second-order valence-electron chi connectivity index (χ2n) is 3.29. The maximum absolute atomic E-state index is 10.8. The predicted octanol–water partition coefficient (Wildman–Crippen LogP) is -0.232. The first-order valence-electron chi connectivity index (χ1n) is 4.49. The lowest BCUT2D eigenvalue weighted by molar-refractivity contribution is -0.140. The van der Waals surface area contributed by atoms with Gasteiger partial charge in [-0.05, 0) is 19.4 Å². The lowest BCUT2D eigenvalue weighted by Gasteiger charge is -2.10. The number of H-pyrrole nitrogens is 1. The number of carboxylic acid groups (broad SMARTS) is 1. The lowest BCUT2D eigenvalue weighted by Crippen LogP contribution is -2.37. The Balaban J connectivity index is 2.82. The molecule has 0 saturated heterocycles. The molecule has 1 rings (SSSR count). The number of amides is 1. The Bertz CT molecular complexity index is 353. The summed E-state index contributed by atoms with van der Waals surface area (Å²) >= 11 is 0. The molecule has 0 aliphatic heterocycles. The molecule has 0 bridgehead atoms. The first-order chi connectivity index (χ1) is 7.06. The number of carbonyl (C=O) groups is 2. The van der Waals surface area contributed by atoms with Gasteiger partial charge in [-0.1, -0.05) is 0 Å². The van der Waals surface area contributed by atoms with E-state index in [1.165, 1.54) is 0 Å². The minimum Gasteiger partial charge on any atom is -0.480 e. The molecular formula is C9H13N3O3.